The first kappa shape index (κ1) is 18.4. The number of anilines is 1. The van der Waals surface area contributed by atoms with E-state index >= 15 is 0 Å². The third-order valence-corrected chi connectivity index (χ3v) is 4.89. The minimum atomic E-state index is -1.47. The predicted molar refractivity (Wildman–Crippen MR) is 99.2 cm³/mol. The molecular weight excluding hydrogens is 334 g/mol. The maximum Gasteiger partial charge on any atom is 0.318 e. The second kappa shape index (κ2) is 7.47. The lowest BCUT2D eigenvalue weighted by atomic mass is 9.92. The summed E-state index contributed by atoms with van der Waals surface area (Å²) in [6, 6.07) is 7.64. The van der Waals surface area contributed by atoms with Gasteiger partial charge in [-0.25, -0.2) is 0 Å². The Morgan fingerprint density at radius 1 is 1.19 bits per heavy atom. The molecule has 0 unspecified atom stereocenters. The van der Waals surface area contributed by atoms with Gasteiger partial charge in [-0.15, -0.1) is 0 Å². The molecule has 7 nitrogen and oxygen atoms in total. The normalized spacial score (nSPS) is 15.9. The van der Waals surface area contributed by atoms with Gasteiger partial charge in [0, 0.05) is 49.0 Å². The summed E-state index contributed by atoms with van der Waals surface area (Å²) in [5, 5.41) is 12.9. The molecule has 0 atom stereocenters. The number of hydrogen-bond donors (Lipinski definition) is 2. The van der Waals surface area contributed by atoms with E-state index in [1.165, 1.54) is 13.8 Å². The van der Waals surface area contributed by atoms with Crippen molar-refractivity contribution in [3.8, 4) is 0 Å². The van der Waals surface area contributed by atoms with E-state index in [0.29, 0.717) is 5.69 Å². The minimum Gasteiger partial charge on any atom is -0.480 e. The van der Waals surface area contributed by atoms with Crippen molar-refractivity contribution in [1.29, 1.82) is 0 Å². The maximum atomic E-state index is 12.2. The van der Waals surface area contributed by atoms with Gasteiger partial charge >= 0.3 is 5.97 Å². The number of rotatable bonds is 6. The van der Waals surface area contributed by atoms with Crippen LogP contribution in [0.15, 0.2) is 30.5 Å². The number of ether oxygens (including phenoxy) is 1. The Morgan fingerprint density at radius 2 is 1.92 bits per heavy atom. The quantitative estimate of drug-likeness (QED) is 0.771. The van der Waals surface area contributed by atoms with Crippen LogP contribution in [0, 0.1) is 5.41 Å². The van der Waals surface area contributed by atoms with Crippen LogP contribution in [-0.4, -0.2) is 59.3 Å². The number of carboxylic acid groups (broad SMARTS) is 1. The molecular formula is C19H25N3O4. The SMILES string of the molecule is CC(C)(C(=O)O)C(=O)Nc1ccc2c(ccn2CCN2CCOCC2)c1. The Hall–Kier alpha value is -2.38. The molecule has 2 aromatic rings. The van der Waals surface area contributed by atoms with Crippen molar-refractivity contribution in [2.24, 2.45) is 5.41 Å². The number of fused-ring (bicyclic) bond motifs is 1. The zero-order valence-corrected chi connectivity index (χ0v) is 15.2. The first-order chi connectivity index (χ1) is 12.4. The highest BCUT2D eigenvalue weighted by Gasteiger charge is 2.36. The summed E-state index contributed by atoms with van der Waals surface area (Å²) >= 11 is 0. The highest BCUT2D eigenvalue weighted by atomic mass is 16.5. The molecule has 0 radical (unpaired) electrons. The number of aromatic nitrogens is 1. The average molecular weight is 359 g/mol. The summed E-state index contributed by atoms with van der Waals surface area (Å²) in [6.07, 6.45) is 2.04. The van der Waals surface area contributed by atoms with E-state index in [2.05, 4.69) is 14.8 Å². The molecule has 1 aliphatic heterocycles. The van der Waals surface area contributed by atoms with Gasteiger partial charge in [-0.2, -0.15) is 0 Å². The first-order valence-electron chi connectivity index (χ1n) is 8.82. The van der Waals surface area contributed by atoms with Crippen LogP contribution in [0.4, 0.5) is 5.69 Å². The molecule has 2 heterocycles. The maximum absolute atomic E-state index is 12.2. The van der Waals surface area contributed by atoms with Gasteiger partial charge in [0.25, 0.3) is 0 Å². The summed E-state index contributed by atoms with van der Waals surface area (Å²) in [5.41, 5.74) is 0.218. The number of hydrogen-bond acceptors (Lipinski definition) is 4. The molecule has 0 saturated carbocycles. The van der Waals surface area contributed by atoms with Crippen LogP contribution in [0.1, 0.15) is 13.8 Å². The molecule has 7 heteroatoms. The van der Waals surface area contributed by atoms with Crippen LogP contribution >= 0.6 is 0 Å². The fraction of sp³-hybridized carbons (Fsp3) is 0.474. The van der Waals surface area contributed by atoms with Crippen molar-refractivity contribution in [2.75, 3.05) is 38.2 Å². The first-order valence-corrected chi connectivity index (χ1v) is 8.82. The molecule has 2 N–H and O–H groups in total. The lowest BCUT2D eigenvalue weighted by molar-refractivity contribution is -0.151. The average Bonchev–Trinajstić information content (AvgIpc) is 3.03. The summed E-state index contributed by atoms with van der Waals surface area (Å²) < 4.78 is 7.56. The monoisotopic (exact) mass is 359 g/mol. The standard InChI is InChI=1S/C19H25N3O4/c1-19(2,18(24)25)17(23)20-15-3-4-16-14(13-15)5-6-22(16)8-7-21-9-11-26-12-10-21/h3-6,13H,7-12H2,1-2H3,(H,20,23)(H,24,25). The Kier molecular flexibility index (Phi) is 5.29. The highest BCUT2D eigenvalue weighted by Crippen LogP contribution is 2.23. The molecule has 26 heavy (non-hydrogen) atoms. The second-order valence-electron chi connectivity index (χ2n) is 7.12. The molecule has 1 saturated heterocycles. The summed E-state index contributed by atoms with van der Waals surface area (Å²) in [7, 11) is 0. The largest absolute Gasteiger partial charge is 0.480 e. The van der Waals surface area contributed by atoms with Gasteiger partial charge in [0.1, 0.15) is 5.41 Å². The number of carbonyl (C=O) groups excluding carboxylic acids is 1. The number of aliphatic carboxylic acids is 1. The van der Waals surface area contributed by atoms with Crippen LogP contribution < -0.4 is 5.32 Å². The smallest absolute Gasteiger partial charge is 0.318 e. The van der Waals surface area contributed by atoms with Gasteiger partial charge in [-0.1, -0.05) is 0 Å². The van der Waals surface area contributed by atoms with Crippen molar-refractivity contribution in [3.05, 3.63) is 30.5 Å². The van der Waals surface area contributed by atoms with Gasteiger partial charge in [0.2, 0.25) is 5.91 Å². The molecule has 3 rings (SSSR count). The number of carboxylic acids is 1. The molecule has 1 aromatic heterocycles. The topological polar surface area (TPSA) is 83.8 Å². The van der Waals surface area contributed by atoms with Gasteiger partial charge in [0.15, 0.2) is 0 Å². The number of carbonyl (C=O) groups is 2. The van der Waals surface area contributed by atoms with E-state index in [9.17, 15) is 9.59 Å². The van der Waals surface area contributed by atoms with Crippen LogP contribution in [0.2, 0.25) is 0 Å². The third kappa shape index (κ3) is 3.89. The van der Waals surface area contributed by atoms with Gasteiger partial charge < -0.3 is 19.7 Å². The van der Waals surface area contributed by atoms with Crippen molar-refractivity contribution in [2.45, 2.75) is 20.4 Å². The number of amides is 1. The van der Waals surface area contributed by atoms with Crippen molar-refractivity contribution < 1.29 is 19.4 Å². The number of benzene rings is 1. The number of morpholine rings is 1. The fourth-order valence-electron chi connectivity index (χ4n) is 2.93. The minimum absolute atomic E-state index is 0.531. The van der Waals surface area contributed by atoms with E-state index in [1.54, 1.807) is 0 Å². The van der Waals surface area contributed by atoms with Crippen molar-refractivity contribution in [3.63, 3.8) is 0 Å². The summed E-state index contributed by atoms with van der Waals surface area (Å²) in [4.78, 5) is 25.8. The van der Waals surface area contributed by atoms with E-state index in [1.807, 2.05) is 30.5 Å². The Balaban J connectivity index is 1.68. The molecule has 1 amide bonds. The molecule has 0 spiro atoms. The number of nitrogens with zero attached hydrogens (tertiary/aromatic N) is 2. The molecule has 1 aliphatic rings. The Labute approximate surface area is 152 Å². The molecule has 0 bridgehead atoms. The van der Waals surface area contributed by atoms with E-state index in [-0.39, 0.29) is 0 Å². The number of nitrogens with one attached hydrogen (secondary N) is 1. The summed E-state index contributed by atoms with van der Waals surface area (Å²) in [6.45, 7) is 8.17. The van der Waals surface area contributed by atoms with Gasteiger partial charge in [-0.05, 0) is 38.1 Å². The predicted octanol–water partition coefficient (Wildman–Crippen LogP) is 2.02. The highest BCUT2D eigenvalue weighted by molar-refractivity contribution is 6.08. The van der Waals surface area contributed by atoms with Crippen molar-refractivity contribution >= 4 is 28.5 Å². The lowest BCUT2D eigenvalue weighted by Gasteiger charge is -2.26. The van der Waals surface area contributed by atoms with Gasteiger partial charge in [0.05, 0.1) is 13.2 Å². The van der Waals surface area contributed by atoms with Crippen LogP contribution in [0.5, 0.6) is 0 Å². The fourth-order valence-corrected chi connectivity index (χ4v) is 2.93. The Bertz CT molecular complexity index is 806. The molecule has 0 aliphatic carbocycles. The lowest BCUT2D eigenvalue weighted by Crippen LogP contribution is -2.38. The van der Waals surface area contributed by atoms with E-state index in [0.717, 1.165) is 50.3 Å². The van der Waals surface area contributed by atoms with Crippen molar-refractivity contribution in [1.82, 2.24) is 9.47 Å². The van der Waals surface area contributed by atoms with Gasteiger partial charge in [-0.3, -0.25) is 14.5 Å². The Morgan fingerprint density at radius 3 is 2.62 bits per heavy atom. The zero-order chi connectivity index (χ0) is 18.7. The zero-order valence-electron chi connectivity index (χ0n) is 15.2. The van der Waals surface area contributed by atoms with Crippen LogP contribution in [0.3, 0.4) is 0 Å². The van der Waals surface area contributed by atoms with E-state index < -0.39 is 17.3 Å². The van der Waals surface area contributed by atoms with E-state index in [4.69, 9.17) is 9.84 Å². The van der Waals surface area contributed by atoms with Crippen LogP contribution in [0.25, 0.3) is 10.9 Å². The molecule has 140 valence electrons. The molecule has 1 fully saturated rings. The third-order valence-electron chi connectivity index (χ3n) is 4.89. The van der Waals surface area contributed by atoms with Crippen LogP contribution in [-0.2, 0) is 20.9 Å². The molecule has 1 aromatic carbocycles. The summed E-state index contributed by atoms with van der Waals surface area (Å²) in [5.74, 6) is -1.68. The second-order valence-corrected chi connectivity index (χ2v) is 7.12.